The summed E-state index contributed by atoms with van der Waals surface area (Å²) in [5, 5.41) is 10.3. The Bertz CT molecular complexity index is 1330. The molecule has 1 fully saturated rings. The number of carbonyl (C=O) groups is 1. The molecular formula is C31H39FN4O4. The number of nitrogens with zero attached hydrogens (tertiary/aromatic N) is 4. The molecule has 9 heteroatoms. The van der Waals surface area contributed by atoms with E-state index in [0.717, 1.165) is 31.6 Å². The highest BCUT2D eigenvalue weighted by molar-refractivity contribution is 5.86. The first-order chi connectivity index (χ1) is 18.8. The molecule has 1 atom stereocenters. The van der Waals surface area contributed by atoms with Crippen LogP contribution in [0.1, 0.15) is 70.5 Å². The lowest BCUT2D eigenvalue weighted by Crippen LogP contribution is -2.39. The molecule has 1 aliphatic heterocycles. The first-order valence-electron chi connectivity index (χ1n) is 13.7. The van der Waals surface area contributed by atoms with Crippen molar-refractivity contribution in [1.82, 2.24) is 15.0 Å². The number of rotatable bonds is 9. The van der Waals surface area contributed by atoms with E-state index in [0.29, 0.717) is 34.5 Å². The van der Waals surface area contributed by atoms with Gasteiger partial charge in [0.1, 0.15) is 0 Å². The topological polar surface area (TPSA) is 97.7 Å². The summed E-state index contributed by atoms with van der Waals surface area (Å²) in [7, 11) is 0. The van der Waals surface area contributed by atoms with Crippen LogP contribution in [-0.2, 0) is 16.0 Å². The number of aromatic nitrogens is 3. The zero-order chi connectivity index (χ0) is 29.1. The summed E-state index contributed by atoms with van der Waals surface area (Å²) in [6.45, 7) is 13.4. The molecule has 3 aromatic heterocycles. The molecule has 0 bridgehead atoms. The van der Waals surface area contributed by atoms with Crippen LogP contribution in [0, 0.1) is 18.2 Å². The molecule has 3 aromatic rings. The van der Waals surface area contributed by atoms with Gasteiger partial charge >= 0.3 is 5.97 Å². The lowest BCUT2D eigenvalue weighted by Gasteiger charge is -2.40. The maximum atomic E-state index is 15.3. The van der Waals surface area contributed by atoms with Gasteiger partial charge in [-0.1, -0.05) is 19.9 Å². The first kappa shape index (κ1) is 29.4. The molecule has 0 radical (unpaired) electrons. The SMILES string of the molecule is Cc1ncc(-c2cnc(OCCc3ccccn3)c(F)c2)c(N2CCC(C)(C)CC2)c1[C@H](OC(C)(C)C)C(=O)O. The van der Waals surface area contributed by atoms with Crippen LogP contribution in [0.2, 0.25) is 0 Å². The van der Waals surface area contributed by atoms with Crippen molar-refractivity contribution in [3.05, 3.63) is 65.6 Å². The predicted octanol–water partition coefficient (Wildman–Crippen LogP) is 6.17. The third kappa shape index (κ3) is 7.13. The summed E-state index contributed by atoms with van der Waals surface area (Å²) < 4.78 is 27.0. The van der Waals surface area contributed by atoms with Gasteiger partial charge in [0.2, 0.25) is 5.88 Å². The van der Waals surface area contributed by atoms with Gasteiger partial charge in [-0.25, -0.2) is 14.2 Å². The van der Waals surface area contributed by atoms with Gasteiger partial charge in [-0.15, -0.1) is 0 Å². The van der Waals surface area contributed by atoms with E-state index in [-0.39, 0.29) is 17.9 Å². The number of hydrogen-bond acceptors (Lipinski definition) is 7. The minimum Gasteiger partial charge on any atom is -0.479 e. The van der Waals surface area contributed by atoms with Crippen molar-refractivity contribution in [3.63, 3.8) is 0 Å². The van der Waals surface area contributed by atoms with Gasteiger partial charge in [-0.05, 0) is 64.2 Å². The molecule has 0 unspecified atom stereocenters. The number of aliphatic carboxylic acids is 1. The monoisotopic (exact) mass is 550 g/mol. The van der Waals surface area contributed by atoms with Gasteiger partial charge in [0.15, 0.2) is 11.9 Å². The average Bonchev–Trinajstić information content (AvgIpc) is 2.88. The highest BCUT2D eigenvalue weighted by atomic mass is 19.1. The number of carboxylic acid groups (broad SMARTS) is 1. The van der Waals surface area contributed by atoms with E-state index in [1.165, 1.54) is 6.07 Å². The number of carboxylic acids is 1. The molecule has 214 valence electrons. The fraction of sp³-hybridized carbons (Fsp3) is 0.484. The van der Waals surface area contributed by atoms with Crippen LogP contribution in [0.25, 0.3) is 11.1 Å². The molecule has 8 nitrogen and oxygen atoms in total. The highest BCUT2D eigenvalue weighted by Crippen LogP contribution is 2.43. The second kappa shape index (κ2) is 11.9. The van der Waals surface area contributed by atoms with E-state index in [9.17, 15) is 9.90 Å². The third-order valence-corrected chi connectivity index (χ3v) is 7.12. The van der Waals surface area contributed by atoms with Crippen LogP contribution in [-0.4, -0.2) is 51.3 Å². The molecule has 4 rings (SSSR count). The smallest absolute Gasteiger partial charge is 0.337 e. The van der Waals surface area contributed by atoms with Crippen LogP contribution in [0.15, 0.2) is 42.9 Å². The molecule has 0 spiro atoms. The standard InChI is InChI=1S/C31H39FN4O4/c1-20-25(27(29(37)38)40-30(2,3)4)26(36-14-11-31(5,6)12-15-36)23(19-34-20)21-17-24(32)28(35-18-21)39-16-10-22-9-7-8-13-33-22/h7-9,13,17-19,27H,10-12,14-16H2,1-6H3,(H,37,38)/t27-/m0/s1. The summed E-state index contributed by atoms with van der Waals surface area (Å²) in [5.74, 6) is -1.80. The van der Waals surface area contributed by atoms with Crippen molar-refractivity contribution in [1.29, 1.82) is 0 Å². The Hall–Kier alpha value is -3.59. The van der Waals surface area contributed by atoms with Crippen molar-refractivity contribution in [2.75, 3.05) is 24.6 Å². The van der Waals surface area contributed by atoms with Crippen LogP contribution in [0.5, 0.6) is 5.88 Å². The highest BCUT2D eigenvalue weighted by Gasteiger charge is 2.36. The van der Waals surface area contributed by atoms with Crippen molar-refractivity contribution in [3.8, 4) is 17.0 Å². The predicted molar refractivity (Wildman–Crippen MR) is 152 cm³/mol. The Labute approximate surface area is 235 Å². The van der Waals surface area contributed by atoms with Crippen LogP contribution in [0.3, 0.4) is 0 Å². The van der Waals surface area contributed by atoms with E-state index < -0.39 is 23.5 Å². The zero-order valence-electron chi connectivity index (χ0n) is 24.2. The number of anilines is 1. The average molecular weight is 551 g/mol. The van der Waals surface area contributed by atoms with Gasteiger partial charge in [-0.2, -0.15) is 0 Å². The lowest BCUT2D eigenvalue weighted by molar-refractivity contribution is -0.160. The Kier molecular flexibility index (Phi) is 8.73. The molecule has 1 aliphatic rings. The van der Waals surface area contributed by atoms with Gasteiger partial charge in [0.05, 0.1) is 17.9 Å². The van der Waals surface area contributed by atoms with E-state index in [1.54, 1.807) is 25.5 Å². The Morgan fingerprint density at radius 1 is 1.15 bits per heavy atom. The van der Waals surface area contributed by atoms with Crippen molar-refractivity contribution >= 4 is 11.7 Å². The molecule has 0 amide bonds. The summed E-state index contributed by atoms with van der Waals surface area (Å²) in [5.41, 5.74) is 3.14. The minimum atomic E-state index is -1.25. The zero-order valence-corrected chi connectivity index (χ0v) is 24.2. The minimum absolute atomic E-state index is 0.0966. The second-order valence-electron chi connectivity index (χ2n) is 12.0. The van der Waals surface area contributed by atoms with Crippen LogP contribution >= 0.6 is 0 Å². The molecule has 40 heavy (non-hydrogen) atoms. The van der Waals surface area contributed by atoms with E-state index in [1.807, 2.05) is 39.0 Å². The third-order valence-electron chi connectivity index (χ3n) is 7.12. The quantitative estimate of drug-likeness (QED) is 0.338. The molecule has 0 aromatic carbocycles. The van der Waals surface area contributed by atoms with Gasteiger partial charge in [0.25, 0.3) is 0 Å². The number of hydrogen-bond donors (Lipinski definition) is 1. The summed E-state index contributed by atoms with van der Waals surface area (Å²) >= 11 is 0. The number of piperidine rings is 1. The Morgan fingerprint density at radius 2 is 1.88 bits per heavy atom. The van der Waals surface area contributed by atoms with Crippen molar-refractivity contribution in [2.45, 2.75) is 72.5 Å². The van der Waals surface area contributed by atoms with E-state index in [2.05, 4.69) is 33.7 Å². The molecule has 1 N–H and O–H groups in total. The van der Waals surface area contributed by atoms with Crippen molar-refractivity contribution in [2.24, 2.45) is 5.41 Å². The Balaban J connectivity index is 1.73. The van der Waals surface area contributed by atoms with Gasteiger partial charge in [-0.3, -0.25) is 9.97 Å². The number of aryl methyl sites for hydroxylation is 1. The van der Waals surface area contributed by atoms with Gasteiger partial charge in [0, 0.05) is 66.2 Å². The summed E-state index contributed by atoms with van der Waals surface area (Å²) in [6, 6.07) is 6.98. The molecule has 0 aliphatic carbocycles. The number of pyridine rings is 3. The molecular weight excluding hydrogens is 511 g/mol. The maximum absolute atomic E-state index is 15.3. The molecule has 4 heterocycles. The second-order valence-corrected chi connectivity index (χ2v) is 12.0. The molecule has 1 saturated heterocycles. The van der Waals surface area contributed by atoms with Crippen LogP contribution in [0.4, 0.5) is 10.1 Å². The molecule has 0 saturated carbocycles. The van der Waals surface area contributed by atoms with Crippen LogP contribution < -0.4 is 9.64 Å². The summed E-state index contributed by atoms with van der Waals surface area (Å²) in [6.07, 6.45) is 6.06. The fourth-order valence-electron chi connectivity index (χ4n) is 4.87. The van der Waals surface area contributed by atoms with E-state index >= 15 is 4.39 Å². The number of ether oxygens (including phenoxy) is 2. The first-order valence-corrected chi connectivity index (χ1v) is 13.7. The number of halogens is 1. The fourth-order valence-corrected chi connectivity index (χ4v) is 4.87. The summed E-state index contributed by atoms with van der Waals surface area (Å²) in [4.78, 5) is 27.8. The van der Waals surface area contributed by atoms with Gasteiger partial charge < -0.3 is 19.5 Å². The van der Waals surface area contributed by atoms with E-state index in [4.69, 9.17) is 9.47 Å². The maximum Gasteiger partial charge on any atom is 0.337 e. The van der Waals surface area contributed by atoms with Crippen molar-refractivity contribution < 1.29 is 23.8 Å². The Morgan fingerprint density at radius 3 is 2.48 bits per heavy atom. The normalized spacial score (nSPS) is 16.0. The lowest BCUT2D eigenvalue weighted by atomic mass is 9.82. The largest absolute Gasteiger partial charge is 0.479 e.